The predicted molar refractivity (Wildman–Crippen MR) is 82.5 cm³/mol. The van der Waals surface area contributed by atoms with Crippen molar-refractivity contribution < 1.29 is 22.0 Å². The van der Waals surface area contributed by atoms with Crippen molar-refractivity contribution in [3.63, 3.8) is 0 Å². The summed E-state index contributed by atoms with van der Waals surface area (Å²) in [6.07, 6.45) is 0. The summed E-state index contributed by atoms with van der Waals surface area (Å²) in [5.41, 5.74) is 0.488. The lowest BCUT2D eigenvalue weighted by molar-refractivity contribution is 0.271. The minimum atomic E-state index is -4.28. The number of hydrogen-bond donors (Lipinski definition) is 0. The third-order valence-electron chi connectivity index (χ3n) is 2.09. The van der Waals surface area contributed by atoms with Crippen LogP contribution in [-0.2, 0) is 35.5 Å². The first-order valence-corrected chi connectivity index (χ1v) is 10.5. The second-order valence-electron chi connectivity index (χ2n) is 3.83. The zero-order valence-electron chi connectivity index (χ0n) is 12.0. The maximum Gasteiger partial charge on any atom is 0.324 e. The van der Waals surface area contributed by atoms with Crippen LogP contribution in [0, 0.1) is 6.92 Å². The molecule has 0 spiro atoms. The topological polar surface area (TPSA) is 72.5 Å². The fourth-order valence-corrected chi connectivity index (χ4v) is 3.70. The van der Waals surface area contributed by atoms with Gasteiger partial charge in [-0.3, -0.25) is 0 Å². The number of benzene rings is 1. The van der Waals surface area contributed by atoms with Gasteiger partial charge in [0.2, 0.25) is 0 Å². The van der Waals surface area contributed by atoms with Gasteiger partial charge in [-0.2, -0.15) is 8.42 Å². The van der Waals surface area contributed by atoms with Gasteiger partial charge in [-0.25, -0.2) is 0 Å². The van der Waals surface area contributed by atoms with Gasteiger partial charge < -0.3 is 9.05 Å². The molecule has 115 valence electrons. The van der Waals surface area contributed by atoms with Gasteiger partial charge >= 0.3 is 10.1 Å². The summed E-state index contributed by atoms with van der Waals surface area (Å²) in [7, 11) is -4.28. The summed E-state index contributed by atoms with van der Waals surface area (Å²) in [5.74, 6) is 0. The van der Waals surface area contributed by atoms with E-state index in [-0.39, 0.29) is 4.90 Å². The average molecular weight is 339 g/mol. The summed E-state index contributed by atoms with van der Waals surface area (Å²) >= 11 is 5.01. The Morgan fingerprint density at radius 3 is 1.90 bits per heavy atom. The Morgan fingerprint density at radius 1 is 1.15 bits per heavy atom. The summed E-state index contributed by atoms with van der Waals surface area (Å²) in [6, 6.07) is 6.10. The van der Waals surface area contributed by atoms with Gasteiger partial charge in [-0.15, -0.1) is 0 Å². The van der Waals surface area contributed by atoms with Crippen molar-refractivity contribution in [2.45, 2.75) is 25.7 Å². The molecule has 0 amide bonds. The van der Waals surface area contributed by atoms with Crippen LogP contribution in [0.4, 0.5) is 0 Å². The van der Waals surface area contributed by atoms with Crippen LogP contribution in [-0.4, -0.2) is 28.3 Å². The highest BCUT2D eigenvalue weighted by molar-refractivity contribution is 8.09. The second-order valence-corrected chi connectivity index (χ2v) is 9.22. The summed E-state index contributed by atoms with van der Waals surface area (Å²) in [6.45, 7) is 6.71. The fourth-order valence-electron chi connectivity index (χ4n) is 1.34. The van der Waals surface area contributed by atoms with Gasteiger partial charge in [0.25, 0.3) is 0 Å². The van der Waals surface area contributed by atoms with Crippen molar-refractivity contribution in [1.82, 2.24) is 0 Å². The Bertz CT molecular complexity index is 547. The van der Waals surface area contributed by atoms with E-state index >= 15 is 0 Å². The molecule has 1 aromatic carbocycles. The molecule has 0 aromatic heterocycles. The molecular weight excluding hydrogens is 319 g/mol. The first kappa shape index (κ1) is 19.7. The van der Waals surface area contributed by atoms with Crippen molar-refractivity contribution in [3.05, 3.63) is 29.8 Å². The van der Waals surface area contributed by atoms with Gasteiger partial charge in [0.05, 0.1) is 18.1 Å². The van der Waals surface area contributed by atoms with E-state index in [2.05, 4.69) is 0 Å². The maximum absolute atomic E-state index is 10.5. The van der Waals surface area contributed by atoms with Gasteiger partial charge in [0.1, 0.15) is 0 Å². The molecular formula is C12H20O5PS2. The molecule has 1 aromatic rings. The Balaban J connectivity index is 0.000000370. The second kappa shape index (κ2) is 8.87. The lowest BCUT2D eigenvalue weighted by Gasteiger charge is -2.14. The lowest BCUT2D eigenvalue weighted by atomic mass is 10.2. The van der Waals surface area contributed by atoms with Crippen molar-refractivity contribution >= 4 is 28.4 Å². The normalized spacial score (nSPS) is 11.7. The lowest BCUT2D eigenvalue weighted by Crippen LogP contribution is -1.97. The molecule has 0 aliphatic carbocycles. The smallest absolute Gasteiger partial charge is 0.324 e. The van der Waals surface area contributed by atoms with Crippen molar-refractivity contribution in [2.75, 3.05) is 19.9 Å². The molecule has 0 heterocycles. The van der Waals surface area contributed by atoms with E-state index in [1.54, 1.807) is 19.1 Å². The van der Waals surface area contributed by atoms with Crippen LogP contribution in [0.25, 0.3) is 0 Å². The molecule has 0 aliphatic heterocycles. The van der Waals surface area contributed by atoms with E-state index in [1.165, 1.54) is 12.1 Å². The maximum atomic E-state index is 10.5. The van der Waals surface area contributed by atoms with Crippen LogP contribution < -0.4 is 0 Å². The van der Waals surface area contributed by atoms with Crippen LogP contribution in [0.2, 0.25) is 0 Å². The number of aryl methyl sites for hydroxylation is 1. The fraction of sp³-hybridized carbons (Fsp3) is 0.500. The molecule has 0 bridgehead atoms. The molecule has 0 saturated carbocycles. The van der Waals surface area contributed by atoms with Crippen molar-refractivity contribution in [1.29, 1.82) is 0 Å². The molecule has 0 fully saturated rings. The molecule has 1 rings (SSSR count). The molecule has 8 heteroatoms. The third kappa shape index (κ3) is 8.09. The zero-order chi connectivity index (χ0) is 15.8. The van der Waals surface area contributed by atoms with E-state index in [0.717, 1.165) is 0 Å². The van der Waals surface area contributed by atoms with Crippen molar-refractivity contribution in [3.8, 4) is 0 Å². The van der Waals surface area contributed by atoms with Crippen LogP contribution in [0.15, 0.2) is 29.2 Å². The van der Waals surface area contributed by atoms with Gasteiger partial charge in [0, 0.05) is 6.66 Å². The Hall–Kier alpha value is -0.300. The van der Waals surface area contributed by atoms with Crippen molar-refractivity contribution in [2.24, 2.45) is 0 Å². The van der Waals surface area contributed by atoms with E-state index in [1.807, 2.05) is 20.5 Å². The zero-order valence-corrected chi connectivity index (χ0v) is 14.6. The minimum Gasteiger partial charge on any atom is -0.330 e. The third-order valence-corrected chi connectivity index (χ3v) is 5.17. The molecule has 5 nitrogen and oxygen atoms in total. The molecule has 0 atom stereocenters. The predicted octanol–water partition coefficient (Wildman–Crippen LogP) is 3.11. The van der Waals surface area contributed by atoms with Gasteiger partial charge in [0.15, 0.2) is 6.49 Å². The first-order chi connectivity index (χ1) is 9.14. The van der Waals surface area contributed by atoms with Crippen LogP contribution >= 0.6 is 6.49 Å². The molecule has 0 unspecified atom stereocenters. The van der Waals surface area contributed by atoms with Gasteiger partial charge in [-0.05, 0) is 44.2 Å². The largest absolute Gasteiger partial charge is 0.330 e. The van der Waals surface area contributed by atoms with E-state index in [4.69, 9.17) is 20.9 Å². The van der Waals surface area contributed by atoms with Gasteiger partial charge in [-0.1, -0.05) is 22.8 Å². The molecule has 0 saturated heterocycles. The van der Waals surface area contributed by atoms with Crippen LogP contribution in [0.3, 0.4) is 0 Å². The molecule has 0 aliphatic rings. The SMILES string of the molecule is CCOP(C)(=S)OCC.Cc1ccccc1S([O])(=O)=O. The molecule has 1 radical (unpaired) electrons. The Labute approximate surface area is 126 Å². The molecule has 20 heavy (non-hydrogen) atoms. The number of hydrogen-bond acceptors (Lipinski definition) is 5. The summed E-state index contributed by atoms with van der Waals surface area (Å²) in [4.78, 5) is -0.139. The quantitative estimate of drug-likeness (QED) is 0.771. The first-order valence-electron chi connectivity index (χ1n) is 6.02. The standard InChI is InChI=1S/C7H7O3S.C5H13O2PS/c1-6-4-2-3-5-7(6)11(8,9)10;1-4-6-8(3,9)7-5-2/h2-5H,1H3;4-5H2,1-3H3. The highest BCUT2D eigenvalue weighted by atomic mass is 32.5. The average Bonchev–Trinajstić information content (AvgIpc) is 2.28. The minimum absolute atomic E-state index is 0.139. The monoisotopic (exact) mass is 339 g/mol. The highest BCUT2D eigenvalue weighted by Gasteiger charge is 2.12. The van der Waals surface area contributed by atoms with E-state index < -0.39 is 16.6 Å². The Morgan fingerprint density at radius 2 is 1.60 bits per heavy atom. The van der Waals surface area contributed by atoms with Crippen LogP contribution in [0.5, 0.6) is 0 Å². The summed E-state index contributed by atoms with van der Waals surface area (Å²) < 4.78 is 41.8. The number of rotatable bonds is 5. The summed E-state index contributed by atoms with van der Waals surface area (Å²) in [5, 5.41) is 0. The highest BCUT2D eigenvalue weighted by Crippen LogP contribution is 2.43. The molecule has 0 N–H and O–H groups in total. The Kier molecular flexibility index (Phi) is 8.74. The van der Waals surface area contributed by atoms with Crippen LogP contribution in [0.1, 0.15) is 19.4 Å². The van der Waals surface area contributed by atoms with E-state index in [0.29, 0.717) is 18.8 Å². The van der Waals surface area contributed by atoms with E-state index in [9.17, 15) is 13.0 Å².